The summed E-state index contributed by atoms with van der Waals surface area (Å²) in [5.74, 6) is -0.0188. The smallest absolute Gasteiger partial charge is 0.249 e. The Morgan fingerprint density at radius 2 is 2.32 bits per heavy atom. The van der Waals surface area contributed by atoms with Gasteiger partial charge in [-0.1, -0.05) is 5.21 Å². The zero-order chi connectivity index (χ0) is 17.8. The summed E-state index contributed by atoms with van der Waals surface area (Å²) in [4.78, 5) is 26.8. The first-order chi connectivity index (χ1) is 11.9. The Bertz CT molecular complexity index is 792. The van der Waals surface area contributed by atoms with E-state index in [0.29, 0.717) is 5.82 Å². The van der Waals surface area contributed by atoms with E-state index in [2.05, 4.69) is 25.9 Å². The van der Waals surface area contributed by atoms with Gasteiger partial charge in [0, 0.05) is 4.75 Å². The van der Waals surface area contributed by atoms with Gasteiger partial charge in [0.1, 0.15) is 23.5 Å². The molecular formula is C14H17N7O2S2. The van der Waals surface area contributed by atoms with Crippen LogP contribution >= 0.6 is 23.1 Å². The zero-order valence-corrected chi connectivity index (χ0v) is 15.2. The predicted octanol–water partition coefficient (Wildman–Crippen LogP) is 0.181. The highest BCUT2D eigenvalue weighted by Crippen LogP contribution is 2.56. The summed E-state index contributed by atoms with van der Waals surface area (Å²) in [6, 6.07) is 0.162. The Kier molecular flexibility index (Phi) is 3.81. The predicted molar refractivity (Wildman–Crippen MR) is 92.4 cm³/mol. The second-order valence-electron chi connectivity index (χ2n) is 6.55. The lowest BCUT2D eigenvalue weighted by Crippen LogP contribution is -2.68. The van der Waals surface area contributed by atoms with Crippen molar-refractivity contribution in [2.75, 3.05) is 0 Å². The summed E-state index contributed by atoms with van der Waals surface area (Å²) in [5, 5.41) is 20.4. The zero-order valence-electron chi connectivity index (χ0n) is 13.5. The highest BCUT2D eigenvalue weighted by Gasteiger charge is 2.63. The molecule has 2 saturated heterocycles. The number of H-pyrrole nitrogens is 1. The summed E-state index contributed by atoms with van der Waals surface area (Å²) in [6.07, 6.45) is 0. The summed E-state index contributed by atoms with van der Waals surface area (Å²) < 4.78 is -0.293. The van der Waals surface area contributed by atoms with E-state index in [1.807, 2.05) is 30.7 Å². The second-order valence-corrected chi connectivity index (χ2v) is 9.10. The number of fused-ring (bicyclic) bond motifs is 1. The van der Waals surface area contributed by atoms with E-state index in [1.165, 1.54) is 11.3 Å². The molecule has 2 aliphatic rings. The third kappa shape index (κ3) is 2.53. The minimum absolute atomic E-state index is 0.149. The van der Waals surface area contributed by atoms with Crippen LogP contribution in [-0.4, -0.2) is 53.5 Å². The minimum atomic E-state index is -0.777. The number of aromatic nitrogens is 4. The maximum Gasteiger partial charge on any atom is 0.249 e. The normalized spacial score (nSPS) is 28.4. The van der Waals surface area contributed by atoms with Gasteiger partial charge in [0.2, 0.25) is 11.8 Å². The molecule has 0 aromatic carbocycles. The Labute approximate surface area is 151 Å². The standard InChI is InChI=1S/C14H17N7O2S2/c1-14(2)9(10-17-19-20-18-10)21-12(23)8(13(21)25-14)16-11(22)7(15)6-3-4-24-5-6/h3-5,7-9,13H,15H2,1-2H3,(H,16,22)(H,17,18,19,20)/t7?,8?,9?,13-/m0/s1. The maximum atomic E-state index is 12.7. The molecule has 0 aliphatic carbocycles. The fourth-order valence-electron chi connectivity index (χ4n) is 3.30. The number of hydrogen-bond acceptors (Lipinski definition) is 8. The van der Waals surface area contributed by atoms with Gasteiger partial charge in [0.25, 0.3) is 0 Å². The van der Waals surface area contributed by atoms with Gasteiger partial charge in [-0.2, -0.15) is 16.6 Å². The summed E-state index contributed by atoms with van der Waals surface area (Å²) in [7, 11) is 0. The summed E-state index contributed by atoms with van der Waals surface area (Å²) in [6.45, 7) is 4.06. The van der Waals surface area contributed by atoms with Crippen LogP contribution < -0.4 is 11.1 Å². The molecule has 3 unspecified atom stereocenters. The number of thioether (sulfide) groups is 1. The molecular weight excluding hydrogens is 362 g/mol. The van der Waals surface area contributed by atoms with Crippen LogP contribution in [0.3, 0.4) is 0 Å². The average Bonchev–Trinajstić information content (AvgIpc) is 3.30. The topological polar surface area (TPSA) is 130 Å². The lowest BCUT2D eigenvalue weighted by Gasteiger charge is -2.44. The van der Waals surface area contributed by atoms with Crippen molar-refractivity contribution in [2.45, 2.75) is 42.1 Å². The SMILES string of the molecule is CC1(C)S[C@H]2C(NC(=O)C(N)c3ccsc3)C(=O)N2C1c1nn[nH]n1. The van der Waals surface area contributed by atoms with Gasteiger partial charge >= 0.3 is 0 Å². The van der Waals surface area contributed by atoms with Crippen LogP contribution in [0.15, 0.2) is 16.8 Å². The number of aromatic amines is 1. The number of thiophene rings is 1. The van der Waals surface area contributed by atoms with E-state index in [0.717, 1.165) is 5.56 Å². The third-order valence-electron chi connectivity index (χ3n) is 4.53. The highest BCUT2D eigenvalue weighted by atomic mass is 32.2. The van der Waals surface area contributed by atoms with E-state index in [4.69, 9.17) is 5.73 Å². The van der Waals surface area contributed by atoms with Crippen LogP contribution in [0, 0.1) is 0 Å². The molecule has 25 heavy (non-hydrogen) atoms. The van der Waals surface area contributed by atoms with Crippen molar-refractivity contribution in [3.05, 3.63) is 28.2 Å². The van der Waals surface area contributed by atoms with Crippen LogP contribution in [0.1, 0.15) is 37.3 Å². The number of hydrogen-bond donors (Lipinski definition) is 3. The molecule has 2 fully saturated rings. The molecule has 0 radical (unpaired) electrons. The van der Waals surface area contributed by atoms with Crippen LogP contribution in [0.5, 0.6) is 0 Å². The van der Waals surface area contributed by atoms with Gasteiger partial charge in [0.15, 0.2) is 5.82 Å². The lowest BCUT2D eigenvalue weighted by atomic mass is 9.95. The molecule has 132 valence electrons. The Morgan fingerprint density at radius 1 is 1.52 bits per heavy atom. The third-order valence-corrected chi connectivity index (χ3v) is 6.80. The van der Waals surface area contributed by atoms with Crippen LogP contribution in [0.2, 0.25) is 0 Å². The number of amides is 2. The number of tetrazole rings is 1. The number of nitrogens with two attached hydrogens (primary N) is 1. The Morgan fingerprint density at radius 3 is 2.96 bits per heavy atom. The van der Waals surface area contributed by atoms with Gasteiger partial charge < -0.3 is 16.0 Å². The van der Waals surface area contributed by atoms with Gasteiger partial charge in [-0.15, -0.1) is 22.0 Å². The molecule has 11 heteroatoms. The van der Waals surface area contributed by atoms with Crippen molar-refractivity contribution >= 4 is 34.9 Å². The number of rotatable bonds is 4. The molecule has 0 saturated carbocycles. The summed E-state index contributed by atoms with van der Waals surface area (Å²) >= 11 is 3.09. The maximum absolute atomic E-state index is 12.7. The van der Waals surface area contributed by atoms with E-state index in [9.17, 15) is 9.59 Å². The Hall–Kier alpha value is -1.98. The largest absolute Gasteiger partial charge is 0.340 e. The molecule has 2 aromatic heterocycles. The van der Waals surface area contributed by atoms with Gasteiger partial charge in [0.05, 0.1) is 0 Å². The van der Waals surface area contributed by atoms with E-state index in [1.54, 1.807) is 16.7 Å². The van der Waals surface area contributed by atoms with Crippen molar-refractivity contribution in [1.29, 1.82) is 0 Å². The average molecular weight is 379 g/mol. The Balaban J connectivity index is 1.50. The monoisotopic (exact) mass is 379 g/mol. The number of nitrogens with one attached hydrogen (secondary N) is 2. The molecule has 4 atom stereocenters. The fourth-order valence-corrected chi connectivity index (χ4v) is 5.62. The lowest BCUT2D eigenvalue weighted by molar-refractivity contribution is -0.152. The van der Waals surface area contributed by atoms with Crippen LogP contribution in [-0.2, 0) is 9.59 Å². The van der Waals surface area contributed by atoms with Gasteiger partial charge in [-0.3, -0.25) is 9.59 Å². The molecule has 2 aromatic rings. The number of β-lactam (4-membered cyclic amide) rings is 1. The molecule has 4 rings (SSSR count). The van der Waals surface area contributed by atoms with Crippen LogP contribution in [0.25, 0.3) is 0 Å². The number of carbonyl (C=O) groups excluding carboxylic acids is 2. The first-order valence-corrected chi connectivity index (χ1v) is 9.54. The first kappa shape index (κ1) is 16.5. The quantitative estimate of drug-likeness (QED) is 0.646. The molecule has 2 amide bonds. The molecule has 0 bridgehead atoms. The summed E-state index contributed by atoms with van der Waals surface area (Å²) in [5.41, 5.74) is 6.73. The second kappa shape index (κ2) is 5.78. The van der Waals surface area contributed by atoms with Crippen molar-refractivity contribution in [3.8, 4) is 0 Å². The van der Waals surface area contributed by atoms with Crippen molar-refractivity contribution < 1.29 is 9.59 Å². The van der Waals surface area contributed by atoms with Crippen LogP contribution in [0.4, 0.5) is 0 Å². The van der Waals surface area contributed by atoms with Crippen molar-refractivity contribution in [1.82, 2.24) is 30.8 Å². The molecule has 4 N–H and O–H groups in total. The highest BCUT2D eigenvalue weighted by molar-refractivity contribution is 8.01. The number of nitrogens with zero attached hydrogens (tertiary/aromatic N) is 4. The van der Waals surface area contributed by atoms with E-state index >= 15 is 0 Å². The molecule has 4 heterocycles. The fraction of sp³-hybridized carbons (Fsp3) is 0.500. The van der Waals surface area contributed by atoms with Gasteiger partial charge in [-0.05, 0) is 36.2 Å². The van der Waals surface area contributed by atoms with E-state index in [-0.39, 0.29) is 28.0 Å². The first-order valence-electron chi connectivity index (χ1n) is 7.71. The molecule has 9 nitrogen and oxygen atoms in total. The molecule has 2 aliphatic heterocycles. The van der Waals surface area contributed by atoms with Gasteiger partial charge in [-0.25, -0.2) is 0 Å². The van der Waals surface area contributed by atoms with E-state index < -0.39 is 12.1 Å². The minimum Gasteiger partial charge on any atom is -0.340 e. The van der Waals surface area contributed by atoms with Crippen molar-refractivity contribution in [2.24, 2.45) is 5.73 Å². The van der Waals surface area contributed by atoms with Crippen molar-refractivity contribution in [3.63, 3.8) is 0 Å². The number of carbonyl (C=O) groups is 2. The molecule has 0 spiro atoms.